The molecule has 1 saturated carbocycles. The van der Waals surface area contributed by atoms with Crippen molar-refractivity contribution in [2.24, 2.45) is 5.92 Å². The van der Waals surface area contributed by atoms with Gasteiger partial charge >= 0.3 is 0 Å². The van der Waals surface area contributed by atoms with E-state index in [2.05, 4.69) is 31.4 Å². The van der Waals surface area contributed by atoms with E-state index in [1.807, 2.05) is 54.7 Å². The molecule has 1 aliphatic rings. The third-order valence-electron chi connectivity index (χ3n) is 5.44. The van der Waals surface area contributed by atoms with E-state index >= 15 is 0 Å². The molecule has 0 bridgehead atoms. The van der Waals surface area contributed by atoms with Gasteiger partial charge in [-0.1, -0.05) is 6.07 Å². The lowest BCUT2D eigenvalue weighted by Crippen LogP contribution is -2.17. The van der Waals surface area contributed by atoms with Gasteiger partial charge in [-0.15, -0.1) is 15.0 Å². The second-order valence-corrected chi connectivity index (χ2v) is 7.78. The molecule has 2 heterocycles. The van der Waals surface area contributed by atoms with Crippen LogP contribution in [-0.4, -0.2) is 38.9 Å². The van der Waals surface area contributed by atoms with Crippen LogP contribution in [0.15, 0.2) is 73.3 Å². The van der Waals surface area contributed by atoms with Gasteiger partial charge in [0.05, 0.1) is 19.4 Å². The molecule has 162 valence electrons. The van der Waals surface area contributed by atoms with Crippen LogP contribution >= 0.6 is 0 Å². The van der Waals surface area contributed by atoms with E-state index in [0.29, 0.717) is 12.5 Å². The van der Waals surface area contributed by atoms with Gasteiger partial charge in [0.2, 0.25) is 0 Å². The number of hydrogen-bond acceptors (Lipinski definition) is 7. The van der Waals surface area contributed by atoms with Crippen LogP contribution < -0.4 is 14.4 Å². The van der Waals surface area contributed by atoms with Crippen molar-refractivity contribution >= 4 is 11.4 Å². The highest BCUT2D eigenvalue weighted by Crippen LogP contribution is 2.37. The van der Waals surface area contributed by atoms with Gasteiger partial charge in [-0.2, -0.15) is 0 Å². The SMILES string of the molecule is COc1ccc(N(Cc2cccnc2)c2ccc(-n3ncnn3)cc2)cc1OCC1CC1. The van der Waals surface area contributed by atoms with Crippen LogP contribution in [0.5, 0.6) is 11.5 Å². The number of nitrogens with zero attached hydrogens (tertiary/aromatic N) is 6. The van der Waals surface area contributed by atoms with E-state index in [-0.39, 0.29) is 0 Å². The molecule has 0 aliphatic heterocycles. The van der Waals surface area contributed by atoms with Gasteiger partial charge in [0.25, 0.3) is 0 Å². The highest BCUT2D eigenvalue weighted by molar-refractivity contribution is 5.67. The maximum Gasteiger partial charge on any atom is 0.163 e. The molecule has 2 aromatic heterocycles. The van der Waals surface area contributed by atoms with Gasteiger partial charge in [-0.3, -0.25) is 4.98 Å². The van der Waals surface area contributed by atoms with Crippen LogP contribution in [-0.2, 0) is 6.54 Å². The Balaban J connectivity index is 1.48. The molecule has 0 atom stereocenters. The smallest absolute Gasteiger partial charge is 0.163 e. The van der Waals surface area contributed by atoms with Crippen molar-refractivity contribution < 1.29 is 9.47 Å². The lowest BCUT2D eigenvalue weighted by atomic mass is 10.1. The van der Waals surface area contributed by atoms with Gasteiger partial charge in [0.15, 0.2) is 17.8 Å². The molecule has 5 rings (SSSR count). The predicted molar refractivity (Wildman–Crippen MR) is 120 cm³/mol. The summed E-state index contributed by atoms with van der Waals surface area (Å²) in [6.07, 6.45) is 7.56. The summed E-state index contributed by atoms with van der Waals surface area (Å²) in [6, 6.07) is 18.1. The van der Waals surface area contributed by atoms with E-state index in [1.54, 1.807) is 13.3 Å². The number of anilines is 2. The number of pyridine rings is 1. The zero-order valence-corrected chi connectivity index (χ0v) is 17.8. The van der Waals surface area contributed by atoms with Crippen molar-refractivity contribution in [3.8, 4) is 17.2 Å². The Bertz CT molecular complexity index is 1150. The molecule has 0 unspecified atom stereocenters. The summed E-state index contributed by atoms with van der Waals surface area (Å²) in [7, 11) is 1.67. The quantitative estimate of drug-likeness (QED) is 0.395. The molecule has 8 nitrogen and oxygen atoms in total. The average molecular weight is 428 g/mol. The van der Waals surface area contributed by atoms with Crippen LogP contribution in [0, 0.1) is 5.92 Å². The minimum atomic E-state index is 0.656. The molecule has 32 heavy (non-hydrogen) atoms. The average Bonchev–Trinajstić information content (AvgIpc) is 3.52. The Labute approximate surface area is 186 Å². The molecule has 0 N–H and O–H groups in total. The highest BCUT2D eigenvalue weighted by atomic mass is 16.5. The summed E-state index contributed by atoms with van der Waals surface area (Å²) < 4.78 is 11.6. The minimum Gasteiger partial charge on any atom is -0.493 e. The maximum atomic E-state index is 6.11. The van der Waals surface area contributed by atoms with Crippen molar-refractivity contribution in [1.29, 1.82) is 0 Å². The molecule has 0 amide bonds. The summed E-state index contributed by atoms with van der Waals surface area (Å²) in [6.45, 7) is 1.38. The molecule has 8 heteroatoms. The number of methoxy groups -OCH3 is 1. The summed E-state index contributed by atoms with van der Waals surface area (Å²) in [5.74, 6) is 2.16. The minimum absolute atomic E-state index is 0.656. The van der Waals surface area contributed by atoms with Crippen molar-refractivity contribution in [2.75, 3.05) is 18.6 Å². The predicted octanol–water partition coefficient (Wildman–Crippen LogP) is 4.19. The standard InChI is InChI=1S/C24H24N6O2/c1-31-23-11-10-22(13-24(23)32-16-18-4-5-18)29(15-19-3-2-12-25-14-19)20-6-8-21(9-7-20)30-27-17-26-28-30/h2-3,6-14,17-18H,4-5,15-16H2,1H3. The lowest BCUT2D eigenvalue weighted by molar-refractivity contribution is 0.280. The molecule has 2 aromatic carbocycles. The van der Waals surface area contributed by atoms with Crippen LogP contribution in [0.3, 0.4) is 0 Å². The van der Waals surface area contributed by atoms with E-state index in [1.165, 1.54) is 24.0 Å². The zero-order chi connectivity index (χ0) is 21.8. The zero-order valence-electron chi connectivity index (χ0n) is 17.8. The largest absolute Gasteiger partial charge is 0.493 e. The maximum absolute atomic E-state index is 6.11. The topological polar surface area (TPSA) is 78.2 Å². The summed E-state index contributed by atoms with van der Waals surface area (Å²) in [4.78, 5) is 7.99. The van der Waals surface area contributed by atoms with Gasteiger partial charge in [0, 0.05) is 36.4 Å². The number of benzene rings is 2. The van der Waals surface area contributed by atoms with Gasteiger partial charge < -0.3 is 14.4 Å². The normalized spacial score (nSPS) is 13.0. The molecule has 0 spiro atoms. The van der Waals surface area contributed by atoms with Crippen LogP contribution in [0.2, 0.25) is 0 Å². The number of rotatable bonds is 9. The van der Waals surface area contributed by atoms with Gasteiger partial charge in [0.1, 0.15) is 0 Å². The molecule has 4 aromatic rings. The van der Waals surface area contributed by atoms with Crippen molar-refractivity contribution in [2.45, 2.75) is 19.4 Å². The van der Waals surface area contributed by atoms with Crippen molar-refractivity contribution in [1.82, 2.24) is 25.2 Å². The third kappa shape index (κ3) is 4.54. The van der Waals surface area contributed by atoms with Gasteiger partial charge in [-0.25, -0.2) is 0 Å². The Kier molecular flexibility index (Phi) is 5.65. The molecule has 1 fully saturated rings. The van der Waals surface area contributed by atoms with E-state index < -0.39 is 0 Å². The fraction of sp³-hybridized carbons (Fsp3) is 0.250. The third-order valence-corrected chi connectivity index (χ3v) is 5.44. The Morgan fingerprint density at radius 3 is 2.56 bits per heavy atom. The summed E-state index contributed by atoms with van der Waals surface area (Å²) in [5, 5.41) is 11.8. The van der Waals surface area contributed by atoms with Crippen molar-refractivity contribution in [3.63, 3.8) is 0 Å². The fourth-order valence-corrected chi connectivity index (χ4v) is 3.50. The van der Waals surface area contributed by atoms with Crippen LogP contribution in [0.25, 0.3) is 5.69 Å². The molecular formula is C24H24N6O2. The summed E-state index contributed by atoms with van der Waals surface area (Å²) in [5.41, 5.74) is 3.98. The van der Waals surface area contributed by atoms with E-state index in [4.69, 9.17) is 9.47 Å². The molecular weight excluding hydrogens is 404 g/mol. The number of aromatic nitrogens is 5. The van der Waals surface area contributed by atoms with Crippen LogP contribution in [0.4, 0.5) is 11.4 Å². The lowest BCUT2D eigenvalue weighted by Gasteiger charge is -2.26. The molecule has 0 radical (unpaired) electrons. The summed E-state index contributed by atoms with van der Waals surface area (Å²) >= 11 is 0. The van der Waals surface area contributed by atoms with E-state index in [0.717, 1.165) is 40.7 Å². The highest BCUT2D eigenvalue weighted by Gasteiger charge is 2.23. The number of hydrogen-bond donors (Lipinski definition) is 0. The second-order valence-electron chi connectivity index (χ2n) is 7.78. The van der Waals surface area contributed by atoms with Gasteiger partial charge in [-0.05, 0) is 72.0 Å². The first-order chi connectivity index (χ1) is 15.8. The molecule has 0 saturated heterocycles. The fourth-order valence-electron chi connectivity index (χ4n) is 3.50. The Morgan fingerprint density at radius 1 is 1.03 bits per heavy atom. The second kappa shape index (κ2) is 9.05. The molecule has 1 aliphatic carbocycles. The number of ether oxygens (including phenoxy) is 2. The van der Waals surface area contributed by atoms with E-state index in [9.17, 15) is 0 Å². The monoisotopic (exact) mass is 428 g/mol. The number of tetrazole rings is 1. The Morgan fingerprint density at radius 2 is 1.88 bits per heavy atom. The first kappa shape index (κ1) is 20.0. The first-order valence-corrected chi connectivity index (χ1v) is 10.6. The first-order valence-electron chi connectivity index (χ1n) is 10.6. The van der Waals surface area contributed by atoms with Crippen LogP contribution in [0.1, 0.15) is 18.4 Å². The van der Waals surface area contributed by atoms with Crippen molar-refractivity contribution in [3.05, 3.63) is 78.9 Å². The Hall–Kier alpha value is -3.94.